The van der Waals surface area contributed by atoms with Gasteiger partial charge in [-0.15, -0.1) is 0 Å². The van der Waals surface area contributed by atoms with Crippen molar-refractivity contribution in [1.29, 1.82) is 0 Å². The zero-order chi connectivity index (χ0) is 12.4. The van der Waals surface area contributed by atoms with Crippen molar-refractivity contribution >= 4 is 11.6 Å². The number of methoxy groups -OCH3 is 1. The molecule has 3 heterocycles. The first kappa shape index (κ1) is 11.4. The van der Waals surface area contributed by atoms with Gasteiger partial charge in [0.1, 0.15) is 6.33 Å². The fourth-order valence-corrected chi connectivity index (χ4v) is 2.02. The van der Waals surface area contributed by atoms with Crippen LogP contribution < -0.4 is 5.06 Å². The molecule has 3 rings (SSSR count). The van der Waals surface area contributed by atoms with Gasteiger partial charge in [0.05, 0.1) is 18.9 Å². The maximum Gasteiger partial charge on any atom is 0.254 e. The van der Waals surface area contributed by atoms with Gasteiger partial charge >= 0.3 is 0 Å². The number of aromatic nitrogens is 4. The third kappa shape index (κ3) is 2.02. The smallest absolute Gasteiger partial charge is 0.254 e. The molecule has 7 nitrogen and oxygen atoms in total. The minimum atomic E-state index is 0.449. The lowest BCUT2D eigenvalue weighted by Gasteiger charge is -2.27. The number of nitrogens with zero attached hydrogens (tertiary/aromatic N) is 5. The van der Waals surface area contributed by atoms with Crippen LogP contribution in [0.2, 0.25) is 0 Å². The molecule has 0 atom stereocenters. The summed E-state index contributed by atoms with van der Waals surface area (Å²) in [5.74, 6) is 1.41. The van der Waals surface area contributed by atoms with Crippen LogP contribution in [0.15, 0.2) is 12.4 Å². The molecule has 0 bridgehead atoms. The van der Waals surface area contributed by atoms with E-state index in [1.807, 2.05) is 11.1 Å². The molecule has 0 spiro atoms. The van der Waals surface area contributed by atoms with E-state index in [0.29, 0.717) is 12.4 Å². The van der Waals surface area contributed by atoms with Crippen LogP contribution in [-0.4, -0.2) is 39.8 Å². The van der Waals surface area contributed by atoms with E-state index >= 15 is 0 Å². The fraction of sp³-hybridized carbons (Fsp3) is 0.545. The first-order chi connectivity index (χ1) is 8.88. The highest BCUT2D eigenvalue weighted by Crippen LogP contribution is 2.20. The van der Waals surface area contributed by atoms with E-state index in [1.165, 1.54) is 6.33 Å². The SMILES string of the molecule is COCc1cc(N2CCCCO2)n2ncnc2n1. The van der Waals surface area contributed by atoms with Crippen LogP contribution in [0.5, 0.6) is 0 Å². The van der Waals surface area contributed by atoms with Gasteiger partial charge in [0.15, 0.2) is 5.82 Å². The van der Waals surface area contributed by atoms with Gasteiger partial charge in [-0.05, 0) is 12.8 Å². The van der Waals surface area contributed by atoms with Crippen molar-refractivity contribution in [3.8, 4) is 0 Å². The number of fused-ring (bicyclic) bond motifs is 1. The standard InChI is InChI=1S/C11H15N5O2/c1-17-7-9-6-10(15-4-2-3-5-18-15)16-11(14-9)12-8-13-16/h6,8H,2-5,7H2,1H3. The number of hydrogen-bond acceptors (Lipinski definition) is 6. The molecule has 2 aromatic rings. The lowest BCUT2D eigenvalue weighted by molar-refractivity contribution is 0.0750. The Labute approximate surface area is 104 Å². The van der Waals surface area contributed by atoms with Crippen LogP contribution in [-0.2, 0) is 16.2 Å². The van der Waals surface area contributed by atoms with E-state index in [9.17, 15) is 0 Å². The second-order valence-corrected chi connectivity index (χ2v) is 4.15. The number of rotatable bonds is 3. The Morgan fingerprint density at radius 2 is 2.39 bits per heavy atom. The third-order valence-corrected chi connectivity index (χ3v) is 2.84. The van der Waals surface area contributed by atoms with Crippen LogP contribution in [0.25, 0.3) is 5.78 Å². The third-order valence-electron chi connectivity index (χ3n) is 2.84. The Morgan fingerprint density at radius 1 is 1.44 bits per heavy atom. The number of anilines is 1. The molecule has 1 aliphatic rings. The van der Waals surface area contributed by atoms with E-state index in [0.717, 1.165) is 37.5 Å². The lowest BCUT2D eigenvalue weighted by Crippen LogP contribution is -2.31. The largest absolute Gasteiger partial charge is 0.378 e. The monoisotopic (exact) mass is 249 g/mol. The van der Waals surface area contributed by atoms with Crippen LogP contribution in [0.3, 0.4) is 0 Å². The minimum absolute atomic E-state index is 0.449. The molecular formula is C11H15N5O2. The Kier molecular flexibility index (Phi) is 3.07. The highest BCUT2D eigenvalue weighted by molar-refractivity contribution is 5.45. The van der Waals surface area contributed by atoms with Gasteiger partial charge in [0.2, 0.25) is 0 Å². The van der Waals surface area contributed by atoms with Crippen molar-refractivity contribution in [1.82, 2.24) is 19.6 Å². The molecule has 1 saturated heterocycles. The zero-order valence-corrected chi connectivity index (χ0v) is 10.2. The van der Waals surface area contributed by atoms with Gasteiger partial charge in [-0.1, -0.05) is 0 Å². The maximum absolute atomic E-state index is 5.65. The highest BCUT2D eigenvalue weighted by Gasteiger charge is 2.17. The first-order valence-corrected chi connectivity index (χ1v) is 5.97. The predicted molar refractivity (Wildman–Crippen MR) is 64.0 cm³/mol. The summed E-state index contributed by atoms with van der Waals surface area (Å²) in [5.41, 5.74) is 0.821. The zero-order valence-electron chi connectivity index (χ0n) is 10.2. The average Bonchev–Trinajstić information content (AvgIpc) is 2.87. The van der Waals surface area contributed by atoms with E-state index in [2.05, 4.69) is 15.1 Å². The molecule has 7 heteroatoms. The molecule has 1 aliphatic heterocycles. The molecular weight excluding hydrogens is 234 g/mol. The summed E-state index contributed by atoms with van der Waals surface area (Å²) in [7, 11) is 1.65. The summed E-state index contributed by atoms with van der Waals surface area (Å²) in [6.45, 7) is 2.04. The van der Waals surface area contributed by atoms with Crippen molar-refractivity contribution in [2.24, 2.45) is 0 Å². The second-order valence-electron chi connectivity index (χ2n) is 4.15. The van der Waals surface area contributed by atoms with Crippen LogP contribution in [0.4, 0.5) is 5.82 Å². The number of ether oxygens (including phenoxy) is 1. The molecule has 0 radical (unpaired) electrons. The summed E-state index contributed by atoms with van der Waals surface area (Å²) in [6, 6.07) is 1.93. The quantitative estimate of drug-likeness (QED) is 0.801. The molecule has 0 saturated carbocycles. The van der Waals surface area contributed by atoms with E-state index in [-0.39, 0.29) is 0 Å². The van der Waals surface area contributed by atoms with Crippen LogP contribution in [0.1, 0.15) is 18.5 Å². The topological polar surface area (TPSA) is 64.8 Å². The number of hydroxylamine groups is 1. The fourth-order valence-electron chi connectivity index (χ4n) is 2.02. The lowest BCUT2D eigenvalue weighted by atomic mass is 10.3. The Morgan fingerprint density at radius 3 is 3.17 bits per heavy atom. The summed E-state index contributed by atoms with van der Waals surface area (Å²) >= 11 is 0. The highest BCUT2D eigenvalue weighted by atomic mass is 16.7. The summed E-state index contributed by atoms with van der Waals surface area (Å²) in [4.78, 5) is 14.1. The molecule has 96 valence electrons. The summed E-state index contributed by atoms with van der Waals surface area (Å²) in [5, 5.41) is 6.03. The predicted octanol–water partition coefficient (Wildman–Crippen LogP) is 0.802. The van der Waals surface area contributed by atoms with Crippen molar-refractivity contribution in [2.45, 2.75) is 19.4 Å². The Hall–Kier alpha value is -1.73. The van der Waals surface area contributed by atoms with Gasteiger partial charge in [0.25, 0.3) is 5.78 Å². The van der Waals surface area contributed by atoms with E-state index in [1.54, 1.807) is 11.6 Å². The van der Waals surface area contributed by atoms with Crippen molar-refractivity contribution in [2.75, 3.05) is 25.3 Å². The second kappa shape index (κ2) is 4.87. The van der Waals surface area contributed by atoms with E-state index < -0.39 is 0 Å². The van der Waals surface area contributed by atoms with Gasteiger partial charge in [-0.25, -0.2) is 10.0 Å². The molecule has 0 N–H and O–H groups in total. The van der Waals surface area contributed by atoms with Gasteiger partial charge in [-0.3, -0.25) is 4.84 Å². The molecule has 0 aliphatic carbocycles. The van der Waals surface area contributed by atoms with Crippen molar-refractivity contribution in [3.05, 3.63) is 18.1 Å². The van der Waals surface area contributed by atoms with Gasteiger partial charge < -0.3 is 4.74 Å². The van der Waals surface area contributed by atoms with Crippen molar-refractivity contribution < 1.29 is 9.57 Å². The molecule has 0 amide bonds. The summed E-state index contributed by atoms with van der Waals surface area (Å²) < 4.78 is 6.80. The molecule has 0 aromatic carbocycles. The normalized spacial score (nSPS) is 16.4. The van der Waals surface area contributed by atoms with Gasteiger partial charge in [-0.2, -0.15) is 14.6 Å². The van der Waals surface area contributed by atoms with Gasteiger partial charge in [0, 0.05) is 19.7 Å². The number of hydrogen-bond donors (Lipinski definition) is 0. The van der Waals surface area contributed by atoms with Crippen LogP contribution in [0, 0.1) is 0 Å². The van der Waals surface area contributed by atoms with Crippen LogP contribution >= 0.6 is 0 Å². The minimum Gasteiger partial charge on any atom is -0.378 e. The summed E-state index contributed by atoms with van der Waals surface area (Å²) in [6.07, 6.45) is 3.69. The maximum atomic E-state index is 5.65. The van der Waals surface area contributed by atoms with E-state index in [4.69, 9.17) is 9.57 Å². The molecule has 1 fully saturated rings. The molecule has 0 unspecified atom stereocenters. The average molecular weight is 249 g/mol. The Balaban J connectivity index is 2.03. The first-order valence-electron chi connectivity index (χ1n) is 5.97. The Bertz CT molecular complexity index is 535. The molecule has 2 aromatic heterocycles. The molecule has 18 heavy (non-hydrogen) atoms. The van der Waals surface area contributed by atoms with Crippen molar-refractivity contribution in [3.63, 3.8) is 0 Å².